The molecule has 394 valence electrons. The van der Waals surface area contributed by atoms with Gasteiger partial charge in [-0.2, -0.15) is 0 Å². The van der Waals surface area contributed by atoms with Gasteiger partial charge in [-0.05, 0) is 103 Å². The second kappa shape index (κ2) is 56.7. The molecule has 0 saturated carbocycles. The summed E-state index contributed by atoms with van der Waals surface area (Å²) in [5.74, 6) is -0.899. The summed E-state index contributed by atoms with van der Waals surface area (Å²) in [7, 11) is 0. The lowest BCUT2D eigenvalue weighted by molar-refractivity contribution is -0.167. The molecule has 68 heavy (non-hydrogen) atoms. The van der Waals surface area contributed by atoms with Gasteiger partial charge in [-0.15, -0.1) is 0 Å². The summed E-state index contributed by atoms with van der Waals surface area (Å²) in [4.78, 5) is 38.1. The minimum absolute atomic E-state index is 0.0825. The first-order chi connectivity index (χ1) is 33.5. The van der Waals surface area contributed by atoms with Gasteiger partial charge >= 0.3 is 17.9 Å². The average molecular weight is 952 g/mol. The van der Waals surface area contributed by atoms with E-state index in [1.807, 2.05) is 0 Å². The van der Waals surface area contributed by atoms with Gasteiger partial charge < -0.3 is 14.2 Å². The van der Waals surface area contributed by atoms with E-state index in [2.05, 4.69) is 81.5 Å². The summed E-state index contributed by atoms with van der Waals surface area (Å²) in [5, 5.41) is 0. The Morgan fingerprint density at radius 1 is 0.294 bits per heavy atom. The Morgan fingerprint density at radius 2 is 0.559 bits per heavy atom. The molecule has 0 aliphatic rings. The van der Waals surface area contributed by atoms with Crippen LogP contribution in [0.3, 0.4) is 0 Å². The molecule has 0 aliphatic heterocycles. The third-order valence-electron chi connectivity index (χ3n) is 12.7. The van der Waals surface area contributed by atoms with Crippen LogP contribution < -0.4 is 0 Å². The molecule has 1 atom stereocenters. The summed E-state index contributed by atoms with van der Waals surface area (Å²) < 4.78 is 16.8. The van der Waals surface area contributed by atoms with E-state index in [1.165, 1.54) is 161 Å². The van der Waals surface area contributed by atoms with Gasteiger partial charge in [0.2, 0.25) is 0 Å². The van der Waals surface area contributed by atoms with Gasteiger partial charge in [0.1, 0.15) is 13.2 Å². The summed E-state index contributed by atoms with van der Waals surface area (Å²) in [6, 6.07) is 0. The molecule has 1 unspecified atom stereocenters. The number of allylic oxidation sites excluding steroid dienone is 10. The maximum Gasteiger partial charge on any atom is 0.306 e. The first-order valence-electron chi connectivity index (χ1n) is 29.3. The largest absolute Gasteiger partial charge is 0.462 e. The summed E-state index contributed by atoms with van der Waals surface area (Å²) >= 11 is 0. The highest BCUT2D eigenvalue weighted by molar-refractivity contribution is 5.71. The standard InChI is InChI=1S/C62H110O6/c1-4-7-10-13-16-19-22-24-26-28-30-31-33-34-36-38-40-43-46-49-52-55-61(64)67-58-59(57-66-60(63)54-51-48-45-42-21-18-15-12-9-6-3)68-62(65)56-53-50-47-44-41-39-37-35-32-29-27-25-23-20-17-14-11-8-5-2/h12,15,17,20,25,27-28,30,32,35,59H,4-11,13-14,16,18-19,21-24,26,29,31,33-34,36-58H2,1-3H3/b15-12-,20-17-,27-25-,30-28-,35-32-. The Kier molecular flexibility index (Phi) is 54.3. The Balaban J connectivity index is 4.30. The minimum Gasteiger partial charge on any atom is -0.462 e. The SMILES string of the molecule is CCC/C=C\CCCCCCCC(=O)OCC(COC(=O)CCCCCCCCCCC/C=C\CCCCCCCCCC)OC(=O)CCCCCCCC/C=C\C/C=C\C/C=C\CCCCC. The van der Waals surface area contributed by atoms with Crippen molar-refractivity contribution >= 4 is 17.9 Å². The molecule has 6 nitrogen and oxygen atoms in total. The number of esters is 3. The molecule has 0 saturated heterocycles. The van der Waals surface area contributed by atoms with E-state index in [1.54, 1.807) is 0 Å². The molecule has 0 fully saturated rings. The van der Waals surface area contributed by atoms with Gasteiger partial charge in [-0.3, -0.25) is 14.4 Å². The molecule has 0 rings (SSSR count). The summed E-state index contributed by atoms with van der Waals surface area (Å²) in [6.07, 6.45) is 70.8. The van der Waals surface area contributed by atoms with E-state index in [4.69, 9.17) is 14.2 Å². The molecular weight excluding hydrogens is 841 g/mol. The molecule has 0 aliphatic carbocycles. The zero-order chi connectivity index (χ0) is 49.3. The van der Waals surface area contributed by atoms with Crippen molar-refractivity contribution < 1.29 is 28.6 Å². The third-order valence-corrected chi connectivity index (χ3v) is 12.7. The molecule has 6 heteroatoms. The van der Waals surface area contributed by atoms with Crippen molar-refractivity contribution in [2.45, 2.75) is 303 Å². The zero-order valence-electron chi connectivity index (χ0n) is 45.1. The molecule has 0 aromatic heterocycles. The number of carbonyl (C=O) groups excluding carboxylic acids is 3. The predicted molar refractivity (Wildman–Crippen MR) is 293 cm³/mol. The van der Waals surface area contributed by atoms with Crippen LogP contribution in [0.25, 0.3) is 0 Å². The highest BCUT2D eigenvalue weighted by atomic mass is 16.6. The highest BCUT2D eigenvalue weighted by Crippen LogP contribution is 2.15. The maximum absolute atomic E-state index is 12.8. The van der Waals surface area contributed by atoms with Gasteiger partial charge in [0.15, 0.2) is 6.10 Å². The van der Waals surface area contributed by atoms with Crippen LogP contribution >= 0.6 is 0 Å². The van der Waals surface area contributed by atoms with Crippen LogP contribution in [0, 0.1) is 0 Å². The lowest BCUT2D eigenvalue weighted by atomic mass is 10.1. The van der Waals surface area contributed by atoms with Gasteiger partial charge in [-0.1, -0.05) is 236 Å². The molecule has 0 heterocycles. The topological polar surface area (TPSA) is 78.9 Å². The molecule has 0 aromatic carbocycles. The number of hydrogen-bond acceptors (Lipinski definition) is 6. The smallest absolute Gasteiger partial charge is 0.306 e. The predicted octanol–water partition coefficient (Wildman–Crippen LogP) is 19.6. The van der Waals surface area contributed by atoms with Crippen LogP contribution in [-0.2, 0) is 28.6 Å². The van der Waals surface area contributed by atoms with E-state index in [0.717, 1.165) is 96.3 Å². The quantitative estimate of drug-likeness (QED) is 0.0262. The van der Waals surface area contributed by atoms with E-state index in [0.29, 0.717) is 19.3 Å². The Hall–Kier alpha value is -2.89. The van der Waals surface area contributed by atoms with Crippen LogP contribution in [0.4, 0.5) is 0 Å². The second-order valence-electron chi connectivity index (χ2n) is 19.5. The number of ether oxygens (including phenoxy) is 3. The van der Waals surface area contributed by atoms with Gasteiger partial charge in [0.25, 0.3) is 0 Å². The van der Waals surface area contributed by atoms with Gasteiger partial charge in [-0.25, -0.2) is 0 Å². The molecular formula is C62H110O6. The molecule has 0 bridgehead atoms. The number of carbonyl (C=O) groups is 3. The van der Waals surface area contributed by atoms with Gasteiger partial charge in [0, 0.05) is 19.3 Å². The fraction of sp³-hybridized carbons (Fsp3) is 0.790. The van der Waals surface area contributed by atoms with Crippen molar-refractivity contribution in [1.82, 2.24) is 0 Å². The van der Waals surface area contributed by atoms with E-state index in [-0.39, 0.29) is 31.1 Å². The van der Waals surface area contributed by atoms with E-state index < -0.39 is 6.10 Å². The maximum atomic E-state index is 12.8. The van der Waals surface area contributed by atoms with Crippen molar-refractivity contribution in [3.8, 4) is 0 Å². The Morgan fingerprint density at radius 3 is 0.926 bits per heavy atom. The monoisotopic (exact) mass is 951 g/mol. The Labute approximate surface area is 421 Å². The minimum atomic E-state index is -0.785. The third kappa shape index (κ3) is 54.1. The number of hydrogen-bond donors (Lipinski definition) is 0. The highest BCUT2D eigenvalue weighted by Gasteiger charge is 2.19. The summed E-state index contributed by atoms with van der Waals surface area (Å²) in [6.45, 7) is 6.55. The van der Waals surface area contributed by atoms with Gasteiger partial charge in [0.05, 0.1) is 0 Å². The average Bonchev–Trinajstić information content (AvgIpc) is 3.34. The van der Waals surface area contributed by atoms with Crippen LogP contribution in [0.15, 0.2) is 60.8 Å². The number of unbranched alkanes of at least 4 members (excludes halogenated alkanes) is 32. The number of rotatable bonds is 53. The zero-order valence-corrected chi connectivity index (χ0v) is 45.1. The fourth-order valence-electron chi connectivity index (χ4n) is 8.27. The van der Waals surface area contributed by atoms with Crippen LogP contribution in [0.5, 0.6) is 0 Å². The van der Waals surface area contributed by atoms with Crippen molar-refractivity contribution in [2.24, 2.45) is 0 Å². The Bertz CT molecular complexity index is 1230. The van der Waals surface area contributed by atoms with Crippen LogP contribution in [-0.4, -0.2) is 37.2 Å². The first-order valence-corrected chi connectivity index (χ1v) is 29.3. The molecule has 0 amide bonds. The van der Waals surface area contributed by atoms with Crippen molar-refractivity contribution in [2.75, 3.05) is 13.2 Å². The lowest BCUT2D eigenvalue weighted by Gasteiger charge is -2.18. The van der Waals surface area contributed by atoms with Crippen molar-refractivity contribution in [3.05, 3.63) is 60.8 Å². The van der Waals surface area contributed by atoms with Crippen molar-refractivity contribution in [1.29, 1.82) is 0 Å². The van der Waals surface area contributed by atoms with E-state index in [9.17, 15) is 14.4 Å². The van der Waals surface area contributed by atoms with Crippen LogP contribution in [0.2, 0.25) is 0 Å². The fourth-order valence-corrected chi connectivity index (χ4v) is 8.27. The molecule has 0 spiro atoms. The normalized spacial score (nSPS) is 12.5. The molecule has 0 radical (unpaired) electrons. The summed E-state index contributed by atoms with van der Waals surface area (Å²) in [5.41, 5.74) is 0. The first kappa shape index (κ1) is 65.1. The van der Waals surface area contributed by atoms with E-state index >= 15 is 0 Å². The lowest BCUT2D eigenvalue weighted by Crippen LogP contribution is -2.30. The molecule has 0 aromatic rings. The second-order valence-corrected chi connectivity index (χ2v) is 19.5. The van der Waals surface area contributed by atoms with Crippen molar-refractivity contribution in [3.63, 3.8) is 0 Å². The van der Waals surface area contributed by atoms with Crippen LogP contribution in [0.1, 0.15) is 297 Å². The molecule has 0 N–H and O–H groups in total.